The predicted molar refractivity (Wildman–Crippen MR) is 137 cm³/mol. The van der Waals surface area contributed by atoms with E-state index in [1.807, 2.05) is 67.8 Å². The summed E-state index contributed by atoms with van der Waals surface area (Å²) in [6.07, 6.45) is 4.33. The zero-order valence-corrected chi connectivity index (χ0v) is 19.6. The van der Waals surface area contributed by atoms with E-state index in [0.717, 1.165) is 22.3 Å². The minimum atomic E-state index is -0.299. The summed E-state index contributed by atoms with van der Waals surface area (Å²) in [6.45, 7) is 0.437. The molecule has 35 heavy (non-hydrogen) atoms. The highest BCUT2D eigenvalue weighted by Gasteiger charge is 2.16. The first-order valence-corrected chi connectivity index (χ1v) is 11.1. The van der Waals surface area contributed by atoms with Gasteiger partial charge in [-0.25, -0.2) is 0 Å². The number of nitriles is 1. The molecule has 0 aliphatic heterocycles. The largest absolute Gasteiger partial charge is 0.496 e. The third kappa shape index (κ3) is 5.81. The summed E-state index contributed by atoms with van der Waals surface area (Å²) in [5.74, 6) is 0.335. The number of aryl methyl sites for hydroxylation is 1. The van der Waals surface area contributed by atoms with E-state index in [-0.39, 0.29) is 5.91 Å². The molecule has 3 aromatic carbocycles. The third-order valence-corrected chi connectivity index (χ3v) is 5.49. The molecule has 1 N–H and O–H groups in total. The SMILES string of the molecule is COc1cc(NC(=O)C(=NCCc2ccc(C#N)cc2)c2ccccc2)ccc1-c1cnn(C)c1. The molecule has 0 radical (unpaired) electrons. The van der Waals surface area contributed by atoms with E-state index in [0.29, 0.717) is 35.7 Å². The van der Waals surface area contributed by atoms with Gasteiger partial charge in [-0.15, -0.1) is 0 Å². The standard InChI is InChI=1S/C28H25N5O2/c1-33-19-23(18-31-33)25-13-12-24(16-26(25)35-2)32-28(34)27(22-6-4-3-5-7-22)30-15-14-20-8-10-21(17-29)11-9-20/h3-13,16,18-19H,14-15H2,1-2H3,(H,32,34). The highest BCUT2D eigenvalue weighted by atomic mass is 16.5. The fraction of sp³-hybridized carbons (Fsp3) is 0.143. The molecule has 0 unspecified atom stereocenters. The summed E-state index contributed by atoms with van der Waals surface area (Å²) in [6, 6.07) is 24.4. The number of hydrogen-bond acceptors (Lipinski definition) is 5. The molecule has 0 spiro atoms. The summed E-state index contributed by atoms with van der Waals surface area (Å²) in [4.78, 5) is 17.9. The van der Waals surface area contributed by atoms with Gasteiger partial charge in [0.2, 0.25) is 0 Å². The molecule has 7 heteroatoms. The smallest absolute Gasteiger partial charge is 0.274 e. The van der Waals surface area contributed by atoms with Crippen molar-refractivity contribution in [2.24, 2.45) is 12.0 Å². The molecule has 0 saturated carbocycles. The van der Waals surface area contributed by atoms with Gasteiger partial charge in [-0.05, 0) is 36.2 Å². The maximum atomic E-state index is 13.3. The van der Waals surface area contributed by atoms with Crippen LogP contribution in [0.25, 0.3) is 11.1 Å². The number of anilines is 1. The quantitative estimate of drug-likeness (QED) is 0.385. The van der Waals surface area contributed by atoms with Crippen molar-refractivity contribution in [2.75, 3.05) is 19.0 Å². The fourth-order valence-electron chi connectivity index (χ4n) is 3.69. The van der Waals surface area contributed by atoms with Crippen LogP contribution in [0.15, 0.2) is 90.2 Å². The zero-order chi connectivity index (χ0) is 24.6. The van der Waals surface area contributed by atoms with Crippen LogP contribution in [-0.4, -0.2) is 35.1 Å². The summed E-state index contributed by atoms with van der Waals surface area (Å²) < 4.78 is 7.30. The first-order chi connectivity index (χ1) is 17.1. The monoisotopic (exact) mass is 463 g/mol. The lowest BCUT2D eigenvalue weighted by molar-refractivity contribution is -0.110. The van der Waals surface area contributed by atoms with Crippen LogP contribution in [0.1, 0.15) is 16.7 Å². The average Bonchev–Trinajstić information content (AvgIpc) is 3.33. The lowest BCUT2D eigenvalue weighted by Crippen LogP contribution is -2.24. The van der Waals surface area contributed by atoms with Crippen LogP contribution in [0.4, 0.5) is 5.69 Å². The van der Waals surface area contributed by atoms with Crippen LogP contribution in [-0.2, 0) is 18.3 Å². The summed E-state index contributed by atoms with van der Waals surface area (Å²) in [5, 5.41) is 16.1. The summed E-state index contributed by atoms with van der Waals surface area (Å²) in [7, 11) is 3.46. The van der Waals surface area contributed by atoms with Crippen molar-refractivity contribution >= 4 is 17.3 Å². The third-order valence-electron chi connectivity index (χ3n) is 5.49. The molecule has 1 heterocycles. The molecule has 0 fully saturated rings. The number of aliphatic imine (C=N–C) groups is 1. The number of ether oxygens (including phenoxy) is 1. The van der Waals surface area contributed by atoms with Crippen molar-refractivity contribution in [1.82, 2.24) is 9.78 Å². The fourth-order valence-corrected chi connectivity index (χ4v) is 3.69. The minimum Gasteiger partial charge on any atom is -0.496 e. The van der Waals surface area contributed by atoms with Gasteiger partial charge in [0.25, 0.3) is 5.91 Å². The van der Waals surface area contributed by atoms with Gasteiger partial charge in [-0.3, -0.25) is 14.5 Å². The number of benzene rings is 3. The molecule has 0 aliphatic carbocycles. The van der Waals surface area contributed by atoms with Gasteiger partial charge < -0.3 is 10.1 Å². The Balaban J connectivity index is 1.54. The molecule has 0 atom stereocenters. The number of carbonyl (C=O) groups excluding carboxylic acids is 1. The second kappa shape index (κ2) is 10.9. The zero-order valence-electron chi connectivity index (χ0n) is 19.6. The number of nitrogens with zero attached hydrogens (tertiary/aromatic N) is 4. The van der Waals surface area contributed by atoms with Crippen molar-refractivity contribution < 1.29 is 9.53 Å². The molecule has 7 nitrogen and oxygen atoms in total. The molecule has 1 amide bonds. The van der Waals surface area contributed by atoms with E-state index in [9.17, 15) is 4.79 Å². The molecule has 4 aromatic rings. The van der Waals surface area contributed by atoms with E-state index in [1.165, 1.54) is 0 Å². The molecular weight excluding hydrogens is 438 g/mol. The van der Waals surface area contributed by atoms with Crippen LogP contribution < -0.4 is 10.1 Å². The average molecular weight is 464 g/mol. The van der Waals surface area contributed by atoms with Crippen molar-refractivity contribution in [2.45, 2.75) is 6.42 Å². The van der Waals surface area contributed by atoms with Gasteiger partial charge in [0.1, 0.15) is 11.5 Å². The maximum absolute atomic E-state index is 13.3. The molecule has 0 saturated heterocycles. The van der Waals surface area contributed by atoms with Crippen molar-refractivity contribution in [3.8, 4) is 22.9 Å². The van der Waals surface area contributed by atoms with Gasteiger partial charge in [0, 0.05) is 48.2 Å². The van der Waals surface area contributed by atoms with Gasteiger partial charge in [-0.2, -0.15) is 10.4 Å². The van der Waals surface area contributed by atoms with Crippen LogP contribution >= 0.6 is 0 Å². The summed E-state index contributed by atoms with van der Waals surface area (Å²) >= 11 is 0. The van der Waals surface area contributed by atoms with Gasteiger partial charge in [-0.1, -0.05) is 42.5 Å². The Bertz CT molecular complexity index is 1380. The van der Waals surface area contributed by atoms with Crippen LogP contribution in [0, 0.1) is 11.3 Å². The van der Waals surface area contributed by atoms with Crippen molar-refractivity contribution in [1.29, 1.82) is 5.26 Å². The van der Waals surface area contributed by atoms with Crippen LogP contribution in [0.2, 0.25) is 0 Å². The second-order valence-electron chi connectivity index (χ2n) is 7.93. The van der Waals surface area contributed by atoms with E-state index >= 15 is 0 Å². The Kier molecular flexibility index (Phi) is 7.34. The van der Waals surface area contributed by atoms with E-state index < -0.39 is 0 Å². The van der Waals surface area contributed by atoms with Gasteiger partial charge in [0.15, 0.2) is 0 Å². The first-order valence-electron chi connectivity index (χ1n) is 11.1. The molecule has 0 aliphatic rings. The minimum absolute atomic E-state index is 0.299. The number of methoxy groups -OCH3 is 1. The van der Waals surface area contributed by atoms with Crippen molar-refractivity contribution in [3.63, 3.8) is 0 Å². The molecule has 174 valence electrons. The molecule has 4 rings (SSSR count). The first kappa shape index (κ1) is 23.5. The van der Waals surface area contributed by atoms with Gasteiger partial charge in [0.05, 0.1) is 24.9 Å². The number of aromatic nitrogens is 2. The number of hydrogen-bond donors (Lipinski definition) is 1. The van der Waals surface area contributed by atoms with E-state index in [2.05, 4.69) is 21.5 Å². The predicted octanol–water partition coefficient (Wildman–Crippen LogP) is 4.64. The number of rotatable bonds is 8. The Labute approximate surface area is 204 Å². The second-order valence-corrected chi connectivity index (χ2v) is 7.93. The van der Waals surface area contributed by atoms with Crippen LogP contribution in [0.5, 0.6) is 5.75 Å². The number of amides is 1. The lowest BCUT2D eigenvalue weighted by Gasteiger charge is -2.12. The Hall–Kier alpha value is -4.70. The highest BCUT2D eigenvalue weighted by Crippen LogP contribution is 2.32. The Morgan fingerprint density at radius 1 is 1.11 bits per heavy atom. The van der Waals surface area contributed by atoms with Gasteiger partial charge >= 0.3 is 0 Å². The Morgan fingerprint density at radius 2 is 1.89 bits per heavy atom. The normalized spacial score (nSPS) is 11.1. The topological polar surface area (TPSA) is 92.3 Å². The number of nitrogens with one attached hydrogen (secondary N) is 1. The molecule has 1 aromatic heterocycles. The summed E-state index contributed by atoms with van der Waals surface area (Å²) in [5.41, 5.74) is 5.19. The Morgan fingerprint density at radius 3 is 2.54 bits per heavy atom. The van der Waals surface area contributed by atoms with E-state index in [4.69, 9.17) is 10.00 Å². The van der Waals surface area contributed by atoms with Crippen LogP contribution in [0.3, 0.4) is 0 Å². The highest BCUT2D eigenvalue weighted by molar-refractivity contribution is 6.48. The molecular formula is C28H25N5O2. The lowest BCUT2D eigenvalue weighted by atomic mass is 10.1. The molecule has 0 bridgehead atoms. The number of carbonyl (C=O) groups is 1. The van der Waals surface area contributed by atoms with E-state index in [1.54, 1.807) is 36.2 Å². The maximum Gasteiger partial charge on any atom is 0.274 e. The van der Waals surface area contributed by atoms with Crippen molar-refractivity contribution in [3.05, 3.63) is 102 Å².